The molecule has 1 aromatic rings. The minimum absolute atomic E-state index is 0.235. The molecule has 0 aromatic heterocycles. The summed E-state index contributed by atoms with van der Waals surface area (Å²) in [4.78, 5) is 21.4. The van der Waals surface area contributed by atoms with E-state index in [0.717, 1.165) is 7.11 Å². The molecule has 0 aliphatic carbocycles. The topological polar surface area (TPSA) is 116 Å². The molecule has 0 saturated heterocycles. The van der Waals surface area contributed by atoms with Crippen LogP contribution >= 0.6 is 11.6 Å². The van der Waals surface area contributed by atoms with Gasteiger partial charge in [0.05, 0.1) is 23.5 Å². The molecule has 0 unspecified atom stereocenters. The second-order valence-electron chi connectivity index (χ2n) is 4.42. The van der Waals surface area contributed by atoms with Crippen molar-refractivity contribution in [2.24, 2.45) is 0 Å². The minimum atomic E-state index is -3.94. The van der Waals surface area contributed by atoms with Gasteiger partial charge in [-0.2, -0.15) is 0 Å². The van der Waals surface area contributed by atoms with Crippen molar-refractivity contribution in [2.45, 2.75) is 12.8 Å². The smallest absolute Gasteiger partial charge is 0.341 e. The zero-order valence-electron chi connectivity index (χ0n) is 12.0. The number of methoxy groups -OCH3 is 1. The van der Waals surface area contributed by atoms with Gasteiger partial charge < -0.3 is 4.74 Å². The molecule has 0 amide bonds. The number of benzene rings is 1. The van der Waals surface area contributed by atoms with Gasteiger partial charge in [0.15, 0.2) is 5.82 Å². The Hall–Kier alpha value is -1.94. The van der Waals surface area contributed by atoms with Gasteiger partial charge >= 0.3 is 5.97 Å². The SMILES string of the molecule is COC(=O)c1cc([N+](=O)[O-])cc(NS(=O)(=O)CCCCCl)c1F. The fourth-order valence-corrected chi connectivity index (χ4v) is 3.01. The lowest BCUT2D eigenvalue weighted by Crippen LogP contribution is -2.19. The number of nitro groups is 1. The van der Waals surface area contributed by atoms with Gasteiger partial charge in [-0.15, -0.1) is 11.6 Å². The lowest BCUT2D eigenvalue weighted by Gasteiger charge is -2.10. The van der Waals surface area contributed by atoms with Gasteiger partial charge in [-0.1, -0.05) is 0 Å². The van der Waals surface area contributed by atoms with E-state index in [1.54, 1.807) is 0 Å². The Balaban J connectivity index is 3.22. The number of carbonyl (C=O) groups is 1. The number of ether oxygens (including phenoxy) is 1. The molecule has 0 heterocycles. The first-order chi connectivity index (χ1) is 10.7. The van der Waals surface area contributed by atoms with E-state index in [1.807, 2.05) is 4.72 Å². The van der Waals surface area contributed by atoms with Gasteiger partial charge in [-0.25, -0.2) is 17.6 Å². The lowest BCUT2D eigenvalue weighted by atomic mass is 10.1. The zero-order chi connectivity index (χ0) is 17.6. The third-order valence-electron chi connectivity index (χ3n) is 2.74. The number of sulfonamides is 1. The first-order valence-corrected chi connectivity index (χ1v) is 8.53. The molecule has 23 heavy (non-hydrogen) atoms. The Morgan fingerprint density at radius 3 is 2.61 bits per heavy atom. The highest BCUT2D eigenvalue weighted by atomic mass is 35.5. The average Bonchev–Trinajstić information content (AvgIpc) is 2.48. The molecule has 0 aliphatic heterocycles. The van der Waals surface area contributed by atoms with Crippen molar-refractivity contribution in [2.75, 3.05) is 23.5 Å². The number of unbranched alkanes of at least 4 members (excludes halogenated alkanes) is 1. The van der Waals surface area contributed by atoms with Crippen molar-refractivity contribution in [3.63, 3.8) is 0 Å². The summed E-state index contributed by atoms with van der Waals surface area (Å²) in [6.45, 7) is 0. The molecule has 1 rings (SSSR count). The predicted molar refractivity (Wildman–Crippen MR) is 81.8 cm³/mol. The van der Waals surface area contributed by atoms with Crippen molar-refractivity contribution in [1.29, 1.82) is 0 Å². The second-order valence-corrected chi connectivity index (χ2v) is 6.64. The van der Waals surface area contributed by atoms with Crippen LogP contribution in [0.5, 0.6) is 0 Å². The fraction of sp³-hybridized carbons (Fsp3) is 0.417. The molecular formula is C12H14ClFN2O6S. The first-order valence-electron chi connectivity index (χ1n) is 6.34. The standard InChI is InChI=1S/C12H14ClFN2O6S/c1-22-12(17)9-6-8(16(18)19)7-10(11(9)14)15-23(20,21)5-3-2-4-13/h6-7,15H,2-5H2,1H3. The van der Waals surface area contributed by atoms with Crippen LogP contribution in [-0.2, 0) is 14.8 Å². The third kappa shape index (κ3) is 5.32. The number of hydrogen-bond donors (Lipinski definition) is 1. The van der Waals surface area contributed by atoms with E-state index in [2.05, 4.69) is 4.74 Å². The number of halogens is 2. The van der Waals surface area contributed by atoms with Crippen LogP contribution in [0.3, 0.4) is 0 Å². The van der Waals surface area contributed by atoms with Gasteiger partial charge in [0, 0.05) is 18.0 Å². The summed E-state index contributed by atoms with van der Waals surface area (Å²) >= 11 is 5.44. The first kappa shape index (κ1) is 19.1. The van der Waals surface area contributed by atoms with E-state index in [4.69, 9.17) is 11.6 Å². The number of hydrogen-bond acceptors (Lipinski definition) is 6. The summed E-state index contributed by atoms with van der Waals surface area (Å²) in [5, 5.41) is 10.8. The maximum atomic E-state index is 14.2. The summed E-state index contributed by atoms with van der Waals surface area (Å²) in [7, 11) is -2.98. The Morgan fingerprint density at radius 1 is 1.43 bits per heavy atom. The van der Waals surface area contributed by atoms with Crippen LogP contribution < -0.4 is 4.72 Å². The minimum Gasteiger partial charge on any atom is -0.465 e. The number of nitrogens with one attached hydrogen (secondary N) is 1. The van der Waals surface area contributed by atoms with Crippen molar-refractivity contribution in [1.82, 2.24) is 0 Å². The molecule has 0 bridgehead atoms. The number of nitro benzene ring substituents is 1. The second kappa shape index (κ2) is 8.06. The summed E-state index contributed by atoms with van der Waals surface area (Å²) in [6.07, 6.45) is 0.673. The molecule has 0 saturated carbocycles. The van der Waals surface area contributed by atoms with Gasteiger partial charge in [-0.05, 0) is 12.8 Å². The van der Waals surface area contributed by atoms with Crippen molar-refractivity contribution in [3.8, 4) is 0 Å². The van der Waals surface area contributed by atoms with Crippen LogP contribution in [0.15, 0.2) is 12.1 Å². The third-order valence-corrected chi connectivity index (χ3v) is 4.36. The van der Waals surface area contributed by atoms with Crippen LogP contribution in [0, 0.1) is 15.9 Å². The van der Waals surface area contributed by atoms with Crippen LogP contribution in [0.4, 0.5) is 15.8 Å². The summed E-state index contributed by atoms with van der Waals surface area (Å²) in [6, 6.07) is 1.37. The van der Waals surface area contributed by atoms with Gasteiger partial charge in [0.1, 0.15) is 5.56 Å². The molecule has 1 N–H and O–H groups in total. The van der Waals surface area contributed by atoms with E-state index in [-0.39, 0.29) is 18.1 Å². The van der Waals surface area contributed by atoms with E-state index in [1.165, 1.54) is 0 Å². The summed E-state index contributed by atoms with van der Waals surface area (Å²) in [5.41, 5.74) is -2.07. The number of rotatable bonds is 8. The number of alkyl halides is 1. The highest BCUT2D eigenvalue weighted by molar-refractivity contribution is 7.92. The largest absolute Gasteiger partial charge is 0.465 e. The molecular weight excluding hydrogens is 355 g/mol. The summed E-state index contributed by atoms with van der Waals surface area (Å²) in [5.74, 6) is -2.47. The van der Waals surface area contributed by atoms with Gasteiger partial charge in [0.2, 0.25) is 10.0 Å². The van der Waals surface area contributed by atoms with E-state index in [9.17, 15) is 27.7 Å². The highest BCUT2D eigenvalue weighted by Gasteiger charge is 2.24. The lowest BCUT2D eigenvalue weighted by molar-refractivity contribution is -0.384. The number of esters is 1. The number of carbonyl (C=O) groups excluding carboxylic acids is 1. The Kier molecular flexibility index (Phi) is 6.70. The van der Waals surface area contributed by atoms with Gasteiger partial charge in [-0.3, -0.25) is 14.8 Å². The number of anilines is 1. The average molecular weight is 369 g/mol. The van der Waals surface area contributed by atoms with Crippen molar-refractivity contribution >= 4 is 39.0 Å². The Morgan fingerprint density at radius 2 is 2.09 bits per heavy atom. The van der Waals surface area contributed by atoms with Crippen LogP contribution in [-0.4, -0.2) is 38.1 Å². The van der Waals surface area contributed by atoms with Crippen molar-refractivity contribution < 1.29 is 27.3 Å². The Labute approximate surface area is 136 Å². The van der Waals surface area contributed by atoms with E-state index in [0.29, 0.717) is 18.6 Å². The molecule has 0 fully saturated rings. The van der Waals surface area contributed by atoms with Crippen LogP contribution in [0.2, 0.25) is 0 Å². The quantitative estimate of drug-likeness (QED) is 0.247. The van der Waals surface area contributed by atoms with Crippen LogP contribution in [0.1, 0.15) is 23.2 Å². The monoisotopic (exact) mass is 368 g/mol. The summed E-state index contributed by atoms with van der Waals surface area (Å²) < 4.78 is 44.1. The van der Waals surface area contributed by atoms with Crippen molar-refractivity contribution in [3.05, 3.63) is 33.6 Å². The highest BCUT2D eigenvalue weighted by Crippen LogP contribution is 2.27. The zero-order valence-corrected chi connectivity index (χ0v) is 13.6. The normalized spacial score (nSPS) is 11.1. The predicted octanol–water partition coefficient (Wildman–Crippen LogP) is 2.28. The maximum Gasteiger partial charge on any atom is 0.341 e. The van der Waals surface area contributed by atoms with Crippen LogP contribution in [0.25, 0.3) is 0 Å². The molecule has 1 aromatic carbocycles. The number of nitrogens with zero attached hydrogens (tertiary/aromatic N) is 1. The molecule has 8 nitrogen and oxygen atoms in total. The molecule has 11 heteroatoms. The van der Waals surface area contributed by atoms with E-state index < -0.39 is 43.7 Å². The molecule has 128 valence electrons. The van der Waals surface area contributed by atoms with E-state index >= 15 is 0 Å². The fourth-order valence-electron chi connectivity index (χ4n) is 1.65. The van der Waals surface area contributed by atoms with Gasteiger partial charge in [0.25, 0.3) is 5.69 Å². The molecule has 0 atom stereocenters. The Bertz CT molecular complexity index is 710. The molecule has 0 aliphatic rings. The maximum absolute atomic E-state index is 14.2. The molecule has 0 spiro atoms. The molecule has 0 radical (unpaired) electrons. The number of non-ortho nitro benzene ring substituents is 1.